The van der Waals surface area contributed by atoms with Crippen molar-refractivity contribution in [3.8, 4) is 0 Å². The van der Waals surface area contributed by atoms with Crippen molar-refractivity contribution in [1.82, 2.24) is 4.57 Å². The average Bonchev–Trinajstić information content (AvgIpc) is 3.04. The molecule has 2 heterocycles. The SMILES string of the molecule is CCOC(=O)C1=C(C)N=c2s/c(=C/c3ccc(Cl)cc3)c(=O)n2[C@H]1c1ccccc1Cl. The zero-order valence-electron chi connectivity index (χ0n) is 16.8. The van der Waals surface area contributed by atoms with Crippen LogP contribution in [0.5, 0.6) is 0 Å². The number of ether oxygens (including phenoxy) is 1. The Hall–Kier alpha value is -2.67. The number of allylic oxidation sites excluding steroid dienone is 1. The number of hydrogen-bond acceptors (Lipinski definition) is 5. The summed E-state index contributed by atoms with van der Waals surface area (Å²) in [6, 6.07) is 13.6. The van der Waals surface area contributed by atoms with Crippen molar-refractivity contribution < 1.29 is 9.53 Å². The molecule has 8 heteroatoms. The summed E-state index contributed by atoms with van der Waals surface area (Å²) in [5.74, 6) is -0.513. The number of nitrogens with zero attached hydrogens (tertiary/aromatic N) is 2. The second kappa shape index (κ2) is 8.83. The van der Waals surface area contributed by atoms with Crippen molar-refractivity contribution in [3.63, 3.8) is 0 Å². The van der Waals surface area contributed by atoms with E-state index in [1.165, 1.54) is 15.9 Å². The normalized spacial score (nSPS) is 16.1. The van der Waals surface area contributed by atoms with Gasteiger partial charge in [-0.05, 0) is 49.2 Å². The molecule has 1 aliphatic rings. The third-order valence-electron chi connectivity index (χ3n) is 4.88. The van der Waals surface area contributed by atoms with Crippen LogP contribution in [0.3, 0.4) is 0 Å². The number of hydrogen-bond donors (Lipinski definition) is 0. The van der Waals surface area contributed by atoms with Crippen molar-refractivity contribution in [2.75, 3.05) is 6.61 Å². The number of halogens is 2. The first kappa shape index (κ1) is 21.6. The van der Waals surface area contributed by atoms with Gasteiger partial charge in [0.15, 0.2) is 4.80 Å². The van der Waals surface area contributed by atoms with E-state index in [-0.39, 0.29) is 12.2 Å². The lowest BCUT2D eigenvalue weighted by Crippen LogP contribution is -2.40. The first-order chi connectivity index (χ1) is 14.9. The van der Waals surface area contributed by atoms with Crippen LogP contribution in [-0.2, 0) is 9.53 Å². The Balaban J connectivity index is 1.97. The predicted molar refractivity (Wildman–Crippen MR) is 123 cm³/mol. The molecule has 0 amide bonds. The molecule has 0 radical (unpaired) electrons. The van der Waals surface area contributed by atoms with Crippen LogP contribution in [0.15, 0.2) is 69.6 Å². The number of benzene rings is 2. The van der Waals surface area contributed by atoms with E-state index < -0.39 is 12.0 Å². The fourth-order valence-corrected chi connectivity index (χ4v) is 4.90. The van der Waals surface area contributed by atoms with E-state index >= 15 is 0 Å². The van der Waals surface area contributed by atoms with Gasteiger partial charge in [0.2, 0.25) is 0 Å². The Morgan fingerprint density at radius 3 is 2.58 bits per heavy atom. The Labute approximate surface area is 192 Å². The zero-order valence-corrected chi connectivity index (χ0v) is 19.1. The van der Waals surface area contributed by atoms with E-state index in [1.807, 2.05) is 18.2 Å². The Morgan fingerprint density at radius 2 is 1.90 bits per heavy atom. The molecule has 4 rings (SSSR count). The third kappa shape index (κ3) is 4.11. The van der Waals surface area contributed by atoms with E-state index in [4.69, 9.17) is 27.9 Å². The standard InChI is InChI=1S/C23H18Cl2N2O3S/c1-3-30-22(29)19-13(2)26-23-27(20(19)16-6-4-5-7-17(16)25)21(28)18(31-23)12-14-8-10-15(24)11-9-14/h4-12,20H,3H2,1-2H3/b18-12+/t20-/m0/s1. The smallest absolute Gasteiger partial charge is 0.338 e. The third-order valence-corrected chi connectivity index (χ3v) is 6.46. The van der Waals surface area contributed by atoms with Crippen LogP contribution in [0, 0.1) is 0 Å². The van der Waals surface area contributed by atoms with Gasteiger partial charge in [0, 0.05) is 10.0 Å². The van der Waals surface area contributed by atoms with Gasteiger partial charge in [-0.2, -0.15) is 0 Å². The fraction of sp³-hybridized carbons (Fsp3) is 0.174. The molecule has 0 N–H and O–H groups in total. The molecule has 1 aliphatic heterocycles. The summed E-state index contributed by atoms with van der Waals surface area (Å²) in [7, 11) is 0. The maximum atomic E-state index is 13.5. The monoisotopic (exact) mass is 472 g/mol. The molecule has 1 aromatic heterocycles. The second-order valence-electron chi connectivity index (χ2n) is 6.88. The van der Waals surface area contributed by atoms with Crippen LogP contribution in [0.1, 0.15) is 31.0 Å². The van der Waals surface area contributed by atoms with E-state index in [2.05, 4.69) is 4.99 Å². The highest BCUT2D eigenvalue weighted by molar-refractivity contribution is 7.07. The molecule has 0 unspecified atom stereocenters. The molecule has 2 aromatic carbocycles. The highest BCUT2D eigenvalue weighted by Gasteiger charge is 2.34. The lowest BCUT2D eigenvalue weighted by Gasteiger charge is -2.25. The number of aromatic nitrogens is 1. The summed E-state index contributed by atoms with van der Waals surface area (Å²) in [6.07, 6.45) is 1.78. The summed E-state index contributed by atoms with van der Waals surface area (Å²) in [5.41, 5.74) is 2.03. The van der Waals surface area contributed by atoms with Gasteiger partial charge in [0.25, 0.3) is 5.56 Å². The quantitative estimate of drug-likeness (QED) is 0.536. The number of rotatable bonds is 4. The number of thiazole rings is 1. The van der Waals surface area contributed by atoms with Crippen molar-refractivity contribution in [2.45, 2.75) is 19.9 Å². The maximum absolute atomic E-state index is 13.5. The molecule has 0 spiro atoms. The molecule has 1 atom stereocenters. The van der Waals surface area contributed by atoms with Crippen LogP contribution in [0.4, 0.5) is 0 Å². The van der Waals surface area contributed by atoms with Crippen molar-refractivity contribution in [3.05, 3.63) is 101 Å². The van der Waals surface area contributed by atoms with E-state index in [0.717, 1.165) is 5.56 Å². The molecule has 0 saturated carbocycles. The molecule has 3 aromatic rings. The molecule has 0 saturated heterocycles. The minimum Gasteiger partial charge on any atom is -0.463 e. The number of carbonyl (C=O) groups is 1. The molecular weight excluding hydrogens is 455 g/mol. The maximum Gasteiger partial charge on any atom is 0.338 e. The van der Waals surface area contributed by atoms with Crippen LogP contribution in [0.25, 0.3) is 6.08 Å². The lowest BCUT2D eigenvalue weighted by molar-refractivity contribution is -0.139. The van der Waals surface area contributed by atoms with Gasteiger partial charge < -0.3 is 4.74 Å². The predicted octanol–water partition coefficient (Wildman–Crippen LogP) is 4.11. The van der Waals surface area contributed by atoms with Crippen molar-refractivity contribution >= 4 is 46.6 Å². The van der Waals surface area contributed by atoms with Gasteiger partial charge in [-0.1, -0.05) is 64.9 Å². The van der Waals surface area contributed by atoms with E-state index in [0.29, 0.717) is 36.2 Å². The van der Waals surface area contributed by atoms with Crippen LogP contribution in [-0.4, -0.2) is 17.1 Å². The van der Waals surface area contributed by atoms with Crippen molar-refractivity contribution in [1.29, 1.82) is 0 Å². The summed E-state index contributed by atoms with van der Waals surface area (Å²) in [4.78, 5) is 31.3. The molecule has 31 heavy (non-hydrogen) atoms. The minimum atomic E-state index is -0.726. The molecule has 5 nitrogen and oxygen atoms in total. The number of carbonyl (C=O) groups excluding carboxylic acids is 1. The topological polar surface area (TPSA) is 60.7 Å². The average molecular weight is 473 g/mol. The van der Waals surface area contributed by atoms with Gasteiger partial charge in [-0.15, -0.1) is 0 Å². The van der Waals surface area contributed by atoms with Crippen LogP contribution >= 0.6 is 34.5 Å². The highest BCUT2D eigenvalue weighted by atomic mass is 35.5. The van der Waals surface area contributed by atoms with E-state index in [1.54, 1.807) is 50.3 Å². The van der Waals surface area contributed by atoms with Crippen LogP contribution in [0.2, 0.25) is 10.0 Å². The Bertz CT molecular complexity index is 1370. The van der Waals surface area contributed by atoms with Crippen LogP contribution < -0.4 is 14.9 Å². The summed E-state index contributed by atoms with van der Waals surface area (Å²) in [6.45, 7) is 3.69. The number of fused-ring (bicyclic) bond motifs is 1. The van der Waals surface area contributed by atoms with Crippen molar-refractivity contribution in [2.24, 2.45) is 4.99 Å². The zero-order chi connectivity index (χ0) is 22.1. The second-order valence-corrected chi connectivity index (χ2v) is 8.73. The molecular formula is C23H18Cl2N2O3S. The Kier molecular flexibility index (Phi) is 6.14. The highest BCUT2D eigenvalue weighted by Crippen LogP contribution is 2.34. The van der Waals surface area contributed by atoms with Gasteiger partial charge in [0.05, 0.1) is 22.4 Å². The number of esters is 1. The molecule has 0 bridgehead atoms. The first-order valence-corrected chi connectivity index (χ1v) is 11.2. The Morgan fingerprint density at radius 1 is 1.19 bits per heavy atom. The fourth-order valence-electron chi connectivity index (χ4n) is 3.49. The lowest BCUT2D eigenvalue weighted by atomic mass is 9.96. The molecule has 0 aliphatic carbocycles. The summed E-state index contributed by atoms with van der Waals surface area (Å²) >= 11 is 13.7. The first-order valence-electron chi connectivity index (χ1n) is 9.60. The minimum absolute atomic E-state index is 0.214. The van der Waals surface area contributed by atoms with Gasteiger partial charge in [-0.25, -0.2) is 9.79 Å². The summed E-state index contributed by atoms with van der Waals surface area (Å²) in [5, 5.41) is 1.07. The van der Waals surface area contributed by atoms with Gasteiger partial charge in [0.1, 0.15) is 6.04 Å². The van der Waals surface area contributed by atoms with Gasteiger partial charge >= 0.3 is 5.97 Å². The largest absolute Gasteiger partial charge is 0.463 e. The summed E-state index contributed by atoms with van der Waals surface area (Å²) < 4.78 is 7.30. The van der Waals surface area contributed by atoms with Gasteiger partial charge in [-0.3, -0.25) is 9.36 Å². The molecule has 0 fully saturated rings. The molecule has 158 valence electrons. The van der Waals surface area contributed by atoms with E-state index in [9.17, 15) is 9.59 Å².